The lowest BCUT2D eigenvalue weighted by Crippen LogP contribution is -2.43. The lowest BCUT2D eigenvalue weighted by atomic mass is 9.70. The number of amides is 1. The van der Waals surface area contributed by atoms with E-state index in [-0.39, 0.29) is 17.4 Å². The van der Waals surface area contributed by atoms with Gasteiger partial charge in [-0.15, -0.1) is 0 Å². The van der Waals surface area contributed by atoms with Crippen molar-refractivity contribution in [3.63, 3.8) is 0 Å². The zero-order valence-electron chi connectivity index (χ0n) is 27.5. The second-order valence-electron chi connectivity index (χ2n) is 12.6. The second kappa shape index (κ2) is 17.2. The summed E-state index contributed by atoms with van der Waals surface area (Å²) < 4.78 is 0. The third kappa shape index (κ3) is 12.6. The molecule has 1 saturated carbocycles. The smallest absolute Gasteiger partial charge is 0.253 e. The minimum absolute atomic E-state index is 0.0626. The van der Waals surface area contributed by atoms with Crippen LogP contribution in [0.25, 0.3) is 0 Å². The number of aliphatic imine (C=N–C) groups is 1. The van der Waals surface area contributed by atoms with E-state index in [9.17, 15) is 4.79 Å². The lowest BCUT2D eigenvalue weighted by molar-refractivity contribution is 0.0874. The van der Waals surface area contributed by atoms with Gasteiger partial charge in [0.25, 0.3) is 5.91 Å². The van der Waals surface area contributed by atoms with E-state index in [1.54, 1.807) is 12.3 Å². The van der Waals surface area contributed by atoms with Gasteiger partial charge in [-0.1, -0.05) is 67.5 Å². The number of carbonyl (C=O) groups excluding carboxylic acids is 1. The molecule has 6 heteroatoms. The maximum absolute atomic E-state index is 13.3. The summed E-state index contributed by atoms with van der Waals surface area (Å²) in [6.45, 7) is 23.1. The van der Waals surface area contributed by atoms with Crippen molar-refractivity contribution in [2.45, 2.75) is 94.5 Å². The predicted octanol–water partition coefficient (Wildman–Crippen LogP) is 8.14. The normalized spacial score (nSPS) is 18.3. The molecule has 40 heavy (non-hydrogen) atoms. The molecule has 0 bridgehead atoms. The van der Waals surface area contributed by atoms with E-state index in [4.69, 9.17) is 4.99 Å². The summed E-state index contributed by atoms with van der Waals surface area (Å²) >= 11 is 0. The maximum Gasteiger partial charge on any atom is 0.253 e. The Morgan fingerprint density at radius 2 is 1.70 bits per heavy atom. The fourth-order valence-electron chi connectivity index (χ4n) is 5.09. The van der Waals surface area contributed by atoms with E-state index in [0.717, 1.165) is 54.5 Å². The van der Waals surface area contributed by atoms with Crippen LogP contribution in [-0.2, 0) is 0 Å². The average Bonchev–Trinajstić information content (AvgIpc) is 2.85. The van der Waals surface area contributed by atoms with Crippen molar-refractivity contribution < 1.29 is 4.79 Å². The van der Waals surface area contributed by atoms with Gasteiger partial charge in [0.05, 0.1) is 16.9 Å². The molecule has 6 nitrogen and oxygen atoms in total. The highest BCUT2D eigenvalue weighted by molar-refractivity contribution is 6.04. The molecule has 2 unspecified atom stereocenters. The first-order valence-corrected chi connectivity index (χ1v) is 15.1. The van der Waals surface area contributed by atoms with Crippen molar-refractivity contribution in [1.82, 2.24) is 15.2 Å². The zero-order valence-corrected chi connectivity index (χ0v) is 27.5. The van der Waals surface area contributed by atoms with Gasteiger partial charge in [-0.3, -0.25) is 14.8 Å². The third-order valence-electron chi connectivity index (χ3n) is 6.54. The van der Waals surface area contributed by atoms with Gasteiger partial charge in [0.2, 0.25) is 0 Å². The van der Waals surface area contributed by atoms with Crippen LogP contribution in [0.4, 0.5) is 11.4 Å². The van der Waals surface area contributed by atoms with Crippen molar-refractivity contribution in [3.8, 4) is 0 Å². The summed E-state index contributed by atoms with van der Waals surface area (Å²) in [6.07, 6.45) is 4.91. The zero-order chi connectivity index (χ0) is 30.5. The fourth-order valence-corrected chi connectivity index (χ4v) is 5.09. The summed E-state index contributed by atoms with van der Waals surface area (Å²) in [4.78, 5) is 24.7. The summed E-state index contributed by atoms with van der Waals surface area (Å²) in [7, 11) is 4.13. The Balaban J connectivity index is 0.00000122. The Labute approximate surface area is 245 Å². The van der Waals surface area contributed by atoms with Gasteiger partial charge in [0.1, 0.15) is 0 Å². The van der Waals surface area contributed by atoms with Crippen LogP contribution in [0.1, 0.15) is 103 Å². The van der Waals surface area contributed by atoms with E-state index >= 15 is 0 Å². The molecule has 0 aliphatic heterocycles. The number of likely N-dealkylation sites (N-methyl/N-ethyl adjacent to an activating group) is 1. The van der Waals surface area contributed by atoms with Crippen molar-refractivity contribution >= 4 is 23.0 Å². The van der Waals surface area contributed by atoms with Gasteiger partial charge in [-0.2, -0.15) is 0 Å². The van der Waals surface area contributed by atoms with Gasteiger partial charge in [0.15, 0.2) is 0 Å². The van der Waals surface area contributed by atoms with Crippen LogP contribution in [0.2, 0.25) is 0 Å². The topological polar surface area (TPSA) is 69.6 Å². The number of benzene rings is 1. The summed E-state index contributed by atoms with van der Waals surface area (Å²) in [5.41, 5.74) is 5.20. The standard InChI is InChI=1S/C28H41N5O.C4H10.C2H6/c1-19-16-24(18-28(4,5)17-19)32-27(34)25-12-13-29-21(3)26(25)31-20(2)22-8-10-23(11-9-22)30-14-15-33(6)7;1-4(2)3;1-2/h8-13,19,24,30H,14-18H2,1-7H3,(H,32,34);4H,1-3H3;1-2H3. The molecular formula is C34H57N5O. The highest BCUT2D eigenvalue weighted by Gasteiger charge is 2.33. The molecule has 0 radical (unpaired) electrons. The minimum atomic E-state index is -0.0626. The Morgan fingerprint density at radius 1 is 1.10 bits per heavy atom. The first-order chi connectivity index (χ1) is 18.8. The number of carbonyl (C=O) groups is 1. The third-order valence-corrected chi connectivity index (χ3v) is 6.54. The number of anilines is 1. The molecule has 1 fully saturated rings. The van der Waals surface area contributed by atoms with E-state index in [1.165, 1.54) is 6.42 Å². The Bertz CT molecular complexity index is 1050. The molecule has 0 spiro atoms. The molecule has 1 amide bonds. The van der Waals surface area contributed by atoms with Crippen LogP contribution in [0.15, 0.2) is 41.5 Å². The number of pyridine rings is 1. The van der Waals surface area contributed by atoms with Crippen LogP contribution >= 0.6 is 0 Å². The number of nitrogens with zero attached hydrogens (tertiary/aromatic N) is 3. The molecular weight excluding hydrogens is 494 g/mol. The number of hydrogen-bond acceptors (Lipinski definition) is 5. The summed E-state index contributed by atoms with van der Waals surface area (Å²) in [5, 5.41) is 6.72. The largest absolute Gasteiger partial charge is 0.384 e. The highest BCUT2D eigenvalue weighted by atomic mass is 16.1. The average molecular weight is 552 g/mol. The van der Waals surface area contributed by atoms with Crippen molar-refractivity contribution in [2.24, 2.45) is 22.2 Å². The van der Waals surface area contributed by atoms with Gasteiger partial charge < -0.3 is 15.5 Å². The van der Waals surface area contributed by atoms with Gasteiger partial charge in [-0.25, -0.2) is 0 Å². The molecule has 2 aromatic rings. The monoisotopic (exact) mass is 551 g/mol. The SMILES string of the molecule is CC.CC(=Nc1c(C(=O)NC2CC(C)CC(C)(C)C2)ccnc1C)c1ccc(NCCN(C)C)cc1.CC(C)C. The van der Waals surface area contributed by atoms with Gasteiger partial charge in [-0.05, 0) is 88.2 Å². The number of nitrogens with one attached hydrogen (secondary N) is 2. The van der Waals surface area contributed by atoms with E-state index in [0.29, 0.717) is 17.2 Å². The fraction of sp³-hybridized carbons (Fsp3) is 0.618. The number of aryl methyl sites for hydroxylation is 1. The van der Waals surface area contributed by atoms with Crippen molar-refractivity contribution in [1.29, 1.82) is 0 Å². The molecule has 1 heterocycles. The number of aromatic nitrogens is 1. The first kappa shape index (κ1) is 35.3. The number of rotatable bonds is 8. The summed E-state index contributed by atoms with van der Waals surface area (Å²) in [6, 6.07) is 10.2. The molecule has 1 aliphatic rings. The number of hydrogen-bond donors (Lipinski definition) is 2. The molecule has 2 atom stereocenters. The van der Waals surface area contributed by atoms with Crippen molar-refractivity contribution in [3.05, 3.63) is 53.3 Å². The van der Waals surface area contributed by atoms with Crippen molar-refractivity contribution in [2.75, 3.05) is 32.5 Å². The van der Waals surface area contributed by atoms with Gasteiger partial charge in [0, 0.05) is 36.7 Å². The van der Waals surface area contributed by atoms with E-state index in [1.807, 2.05) is 27.7 Å². The molecule has 0 saturated heterocycles. The quantitative estimate of drug-likeness (QED) is 0.325. The molecule has 224 valence electrons. The predicted molar refractivity (Wildman–Crippen MR) is 174 cm³/mol. The second-order valence-corrected chi connectivity index (χ2v) is 12.6. The van der Waals surface area contributed by atoms with E-state index < -0.39 is 0 Å². The highest BCUT2D eigenvalue weighted by Crippen LogP contribution is 2.38. The molecule has 1 aromatic heterocycles. The lowest BCUT2D eigenvalue weighted by Gasteiger charge is -2.39. The molecule has 3 rings (SSSR count). The Morgan fingerprint density at radius 3 is 2.25 bits per heavy atom. The van der Waals surface area contributed by atoms with E-state index in [2.05, 4.69) is 100 Å². The van der Waals surface area contributed by atoms with Gasteiger partial charge >= 0.3 is 0 Å². The van der Waals surface area contributed by atoms with Crippen LogP contribution < -0.4 is 10.6 Å². The molecule has 1 aliphatic carbocycles. The van der Waals surface area contributed by atoms with Crippen LogP contribution in [0.3, 0.4) is 0 Å². The van der Waals surface area contributed by atoms with Crippen LogP contribution in [0, 0.1) is 24.2 Å². The Hall–Kier alpha value is -2.73. The molecule has 1 aromatic carbocycles. The first-order valence-electron chi connectivity index (χ1n) is 15.1. The summed E-state index contributed by atoms with van der Waals surface area (Å²) in [5.74, 6) is 1.38. The molecule has 2 N–H and O–H groups in total. The van der Waals surface area contributed by atoms with Crippen LogP contribution in [0.5, 0.6) is 0 Å². The Kier molecular flexibility index (Phi) is 15.1. The minimum Gasteiger partial charge on any atom is -0.384 e. The maximum atomic E-state index is 13.3. The van der Waals surface area contributed by atoms with Crippen LogP contribution in [-0.4, -0.2) is 54.7 Å².